The Balaban J connectivity index is 1.11. The molecule has 0 saturated carbocycles. The van der Waals surface area contributed by atoms with Crippen LogP contribution in [0.1, 0.15) is 29.5 Å². The number of esters is 1. The van der Waals surface area contributed by atoms with Gasteiger partial charge in [0.15, 0.2) is 0 Å². The van der Waals surface area contributed by atoms with Gasteiger partial charge in [0.05, 0.1) is 46.2 Å². The van der Waals surface area contributed by atoms with Gasteiger partial charge >= 0.3 is 18.2 Å². The van der Waals surface area contributed by atoms with E-state index in [0.29, 0.717) is 33.8 Å². The minimum Gasteiger partial charge on any atom is -0.456 e. The molecule has 56 heavy (non-hydrogen) atoms. The molecule has 0 aromatic heterocycles. The molecule has 2 aliphatic rings. The Bertz CT molecular complexity index is 2040. The average molecular weight is 793 g/mol. The number of carbonyl (C=O) groups excluding carboxylic acids is 4. The van der Waals surface area contributed by atoms with E-state index in [4.69, 9.17) is 18.9 Å². The Morgan fingerprint density at radius 1 is 0.768 bits per heavy atom. The van der Waals surface area contributed by atoms with Crippen molar-refractivity contribution in [3.63, 3.8) is 0 Å². The van der Waals surface area contributed by atoms with Gasteiger partial charge in [-0.1, -0.05) is 0 Å². The molecule has 21 heteroatoms. The van der Waals surface area contributed by atoms with E-state index in [2.05, 4.69) is 10.3 Å². The molecule has 292 valence electrons. The molecule has 1 saturated heterocycles. The van der Waals surface area contributed by atoms with Crippen molar-refractivity contribution in [1.82, 2.24) is 10.2 Å². The fraction of sp³-hybridized carbons (Fsp3) is 0.286. The number of nitro benzene ring substituents is 3. The van der Waals surface area contributed by atoms with Gasteiger partial charge in [-0.3, -0.25) is 45.4 Å². The summed E-state index contributed by atoms with van der Waals surface area (Å²) in [5, 5.41) is 34.9. The van der Waals surface area contributed by atoms with Crippen LogP contribution in [0.3, 0.4) is 0 Å². The number of hydrogen-bond acceptors (Lipinski definition) is 16. The largest absolute Gasteiger partial charge is 0.508 e. The van der Waals surface area contributed by atoms with Crippen molar-refractivity contribution in [3.05, 3.63) is 130 Å². The van der Waals surface area contributed by atoms with Crippen molar-refractivity contribution in [2.75, 3.05) is 18.9 Å². The van der Waals surface area contributed by atoms with Crippen molar-refractivity contribution in [1.29, 1.82) is 0 Å². The molecule has 20 nitrogen and oxygen atoms in total. The first-order valence-electron chi connectivity index (χ1n) is 16.7. The second-order valence-corrected chi connectivity index (χ2v) is 13.2. The van der Waals surface area contributed by atoms with Gasteiger partial charge in [-0.25, -0.2) is 14.4 Å². The van der Waals surface area contributed by atoms with Gasteiger partial charge in [-0.2, -0.15) is 0 Å². The Morgan fingerprint density at radius 3 is 1.79 bits per heavy atom. The normalized spacial score (nSPS) is 15.8. The number of nitrogens with zero attached hydrogens (tertiary/aromatic N) is 5. The van der Waals surface area contributed by atoms with Crippen molar-refractivity contribution in [2.45, 2.75) is 38.7 Å². The third-order valence-corrected chi connectivity index (χ3v) is 9.50. The number of rotatable bonds is 18. The van der Waals surface area contributed by atoms with E-state index in [-0.39, 0.29) is 68.1 Å². The lowest BCUT2D eigenvalue weighted by molar-refractivity contribution is -0.385. The first-order chi connectivity index (χ1) is 26.9. The molecule has 0 radical (unpaired) electrons. The van der Waals surface area contributed by atoms with Crippen LogP contribution in [0, 0.1) is 36.3 Å². The Hall–Kier alpha value is -6.90. The number of nitrogens with one attached hydrogen (secondary N) is 1. The van der Waals surface area contributed by atoms with Crippen molar-refractivity contribution >= 4 is 59.3 Å². The molecule has 2 amide bonds. The minimum absolute atomic E-state index is 0.0588. The molecule has 0 aliphatic carbocycles. The summed E-state index contributed by atoms with van der Waals surface area (Å²) in [4.78, 5) is 87.8. The highest BCUT2D eigenvalue weighted by atomic mass is 32.2. The van der Waals surface area contributed by atoms with E-state index in [9.17, 15) is 49.5 Å². The zero-order valence-corrected chi connectivity index (χ0v) is 30.0. The van der Waals surface area contributed by atoms with E-state index in [1.807, 2.05) is 0 Å². The molecule has 0 spiro atoms. The maximum absolute atomic E-state index is 13.4. The first-order valence-corrected chi connectivity index (χ1v) is 17.7. The summed E-state index contributed by atoms with van der Waals surface area (Å²) in [7, 11) is 0. The topological polar surface area (TPSA) is 262 Å². The molecule has 2 atom stereocenters. The summed E-state index contributed by atoms with van der Waals surface area (Å²) in [5.74, 6) is -1.38. The third-order valence-electron chi connectivity index (χ3n) is 8.40. The Labute approximate surface area is 320 Å². The molecule has 1 N–H and O–H groups in total. The van der Waals surface area contributed by atoms with Crippen LogP contribution >= 0.6 is 11.8 Å². The Kier molecular flexibility index (Phi) is 13.6. The van der Waals surface area contributed by atoms with E-state index >= 15 is 0 Å². The Morgan fingerprint density at radius 2 is 1.27 bits per heavy atom. The zero-order chi connectivity index (χ0) is 40.2. The highest BCUT2D eigenvalue weighted by Gasteiger charge is 2.55. The highest BCUT2D eigenvalue weighted by Crippen LogP contribution is 2.47. The standard InChI is InChI=1S/C35H32N6O14S/c42-32-28(13-15-52-35(45)55-20-24-5-11-27(12-6-24)41(50)51)29-17-30(31(38(29)32)33(43)53-18-22-1-7-25(8-2-22)39(46)47)56-16-14-36-21-37-34(44)54-19-23-3-9-26(10-4-23)40(48)49/h1-12,21,28-29H,13-20H2,(H,36,37,44)/t28?,29-/m1/s1. The monoisotopic (exact) mass is 792 g/mol. The van der Waals surface area contributed by atoms with Gasteiger partial charge in [0.1, 0.15) is 25.5 Å². The van der Waals surface area contributed by atoms with E-state index in [0.717, 1.165) is 6.34 Å². The number of thioether (sulfide) groups is 1. The number of hydrogen-bond donors (Lipinski definition) is 1. The molecule has 2 aliphatic heterocycles. The van der Waals surface area contributed by atoms with E-state index in [1.54, 1.807) is 0 Å². The molecule has 2 heterocycles. The van der Waals surface area contributed by atoms with Crippen LogP contribution < -0.4 is 5.32 Å². The van der Waals surface area contributed by atoms with E-state index < -0.39 is 44.9 Å². The van der Waals surface area contributed by atoms with Gasteiger partial charge in [0, 0.05) is 53.5 Å². The predicted octanol–water partition coefficient (Wildman–Crippen LogP) is 5.33. The molecular formula is C35H32N6O14S. The average Bonchev–Trinajstić information content (AvgIpc) is 3.53. The highest BCUT2D eigenvalue weighted by molar-refractivity contribution is 8.03. The molecule has 5 rings (SSSR count). The molecular weight excluding hydrogens is 760 g/mol. The number of fused-ring (bicyclic) bond motifs is 1. The second-order valence-electron chi connectivity index (χ2n) is 12.0. The van der Waals surface area contributed by atoms with Crippen LogP contribution in [0.2, 0.25) is 0 Å². The maximum Gasteiger partial charge on any atom is 0.508 e. The van der Waals surface area contributed by atoms with Crippen LogP contribution in [0.4, 0.5) is 26.7 Å². The van der Waals surface area contributed by atoms with Crippen LogP contribution in [-0.4, -0.2) is 75.1 Å². The van der Waals surface area contributed by atoms with Crippen molar-refractivity contribution < 1.29 is 52.9 Å². The van der Waals surface area contributed by atoms with Gasteiger partial charge in [-0.05, 0) is 59.5 Å². The summed E-state index contributed by atoms with van der Waals surface area (Å²) in [6.45, 7) is -0.469. The fourth-order valence-corrected chi connectivity index (χ4v) is 6.63. The molecule has 0 bridgehead atoms. The third kappa shape index (κ3) is 10.6. The second kappa shape index (κ2) is 18.9. The maximum atomic E-state index is 13.4. The van der Waals surface area contributed by atoms with Crippen molar-refractivity contribution in [2.24, 2.45) is 10.9 Å². The zero-order valence-electron chi connectivity index (χ0n) is 29.2. The summed E-state index contributed by atoms with van der Waals surface area (Å²) >= 11 is 1.27. The molecule has 3 aromatic rings. The van der Waals surface area contributed by atoms with Crippen LogP contribution in [-0.2, 0) is 48.4 Å². The lowest BCUT2D eigenvalue weighted by Gasteiger charge is -2.43. The minimum atomic E-state index is -0.990. The van der Waals surface area contributed by atoms with Gasteiger partial charge in [0.25, 0.3) is 17.1 Å². The molecule has 3 aromatic carbocycles. The van der Waals surface area contributed by atoms with Crippen LogP contribution in [0.15, 0.2) is 88.4 Å². The van der Waals surface area contributed by atoms with Crippen LogP contribution in [0.25, 0.3) is 0 Å². The quantitative estimate of drug-likeness (QED) is 0.0249. The number of alkyl carbamates (subject to hydrolysis) is 1. The van der Waals surface area contributed by atoms with Gasteiger partial charge in [0.2, 0.25) is 5.91 Å². The summed E-state index contributed by atoms with van der Waals surface area (Å²) < 4.78 is 20.8. The number of amides is 2. The van der Waals surface area contributed by atoms with Crippen molar-refractivity contribution in [3.8, 4) is 0 Å². The number of aliphatic imine (C=N–C) groups is 1. The number of nitro groups is 3. The first kappa shape index (κ1) is 40.3. The number of ether oxygens (including phenoxy) is 4. The fourth-order valence-electron chi connectivity index (χ4n) is 5.58. The smallest absolute Gasteiger partial charge is 0.456 e. The number of β-lactam (4-membered cyclic amide) rings is 1. The predicted molar refractivity (Wildman–Crippen MR) is 195 cm³/mol. The lowest BCUT2D eigenvalue weighted by atomic mass is 9.85. The molecule has 1 unspecified atom stereocenters. The number of benzene rings is 3. The van der Waals surface area contributed by atoms with Gasteiger partial charge < -0.3 is 23.8 Å². The SMILES string of the molecule is O=C(NC=NCCSC1=C(C(=O)OCc2ccc([N+](=O)[O-])cc2)N2C(=O)C(CCOC(=O)OCc3ccc([N+](=O)[O-])cc3)[C@H]2C1)OCc1ccc([N+](=O)[O-])cc1. The van der Waals surface area contributed by atoms with Crippen LogP contribution in [0.5, 0.6) is 0 Å². The number of non-ortho nitro benzene ring substituents is 3. The summed E-state index contributed by atoms with van der Waals surface area (Å²) in [5.41, 5.74) is 1.27. The number of carbonyl (C=O) groups is 4. The summed E-state index contributed by atoms with van der Waals surface area (Å²) in [6, 6.07) is 16.0. The lowest BCUT2D eigenvalue weighted by Crippen LogP contribution is -2.58. The molecule has 1 fully saturated rings. The van der Waals surface area contributed by atoms with Gasteiger partial charge in [-0.15, -0.1) is 11.8 Å². The summed E-state index contributed by atoms with van der Waals surface area (Å²) in [6.07, 6.45) is -0.190. The van der Waals surface area contributed by atoms with E-state index in [1.165, 1.54) is 89.5 Å².